The molecule has 1 aromatic carbocycles. The van der Waals surface area contributed by atoms with Gasteiger partial charge < -0.3 is 15.4 Å². The van der Waals surface area contributed by atoms with Gasteiger partial charge in [0, 0.05) is 17.8 Å². The summed E-state index contributed by atoms with van der Waals surface area (Å²) in [7, 11) is 0. The van der Waals surface area contributed by atoms with E-state index in [0.717, 1.165) is 12.1 Å². The highest BCUT2D eigenvalue weighted by Crippen LogP contribution is 2.24. The van der Waals surface area contributed by atoms with E-state index in [1.165, 1.54) is 12.1 Å². The second-order valence-corrected chi connectivity index (χ2v) is 4.16. The summed E-state index contributed by atoms with van der Waals surface area (Å²) in [4.78, 5) is 11.5. The number of anilines is 1. The Labute approximate surface area is 108 Å². The predicted molar refractivity (Wildman–Crippen MR) is 64.9 cm³/mol. The van der Waals surface area contributed by atoms with Crippen molar-refractivity contribution in [2.45, 2.75) is 26.3 Å². The normalized spacial score (nSPS) is 11.5. The molecule has 0 aliphatic rings. The van der Waals surface area contributed by atoms with Crippen molar-refractivity contribution >= 4 is 11.6 Å². The average Bonchev–Trinajstić information content (AvgIpc) is 2.24. The molecule has 0 aromatic heterocycles. The van der Waals surface area contributed by atoms with Crippen molar-refractivity contribution in [1.82, 2.24) is 5.32 Å². The summed E-state index contributed by atoms with van der Waals surface area (Å²) >= 11 is 0. The number of hydrogen-bond acceptors (Lipinski definition) is 3. The minimum atomic E-state index is -4.75. The van der Waals surface area contributed by atoms with Crippen LogP contribution in [0.2, 0.25) is 0 Å². The van der Waals surface area contributed by atoms with Gasteiger partial charge in [-0.1, -0.05) is 19.9 Å². The number of carbonyl (C=O) groups is 1. The van der Waals surface area contributed by atoms with E-state index in [-0.39, 0.29) is 29.9 Å². The Hall–Kier alpha value is -1.76. The molecule has 7 heteroatoms. The lowest BCUT2D eigenvalue weighted by Gasteiger charge is -2.11. The summed E-state index contributed by atoms with van der Waals surface area (Å²) in [6.45, 7) is 3.85. The molecule has 0 unspecified atom stereocenters. The molecule has 0 fully saturated rings. The van der Waals surface area contributed by atoms with Crippen LogP contribution in [0.15, 0.2) is 24.3 Å². The van der Waals surface area contributed by atoms with Gasteiger partial charge in [-0.2, -0.15) is 0 Å². The highest BCUT2D eigenvalue weighted by Gasteiger charge is 2.31. The smallest absolute Gasteiger partial charge is 0.406 e. The van der Waals surface area contributed by atoms with E-state index in [1.807, 2.05) is 13.8 Å². The van der Waals surface area contributed by atoms with E-state index in [4.69, 9.17) is 0 Å². The van der Waals surface area contributed by atoms with Crippen molar-refractivity contribution in [2.75, 3.05) is 11.9 Å². The Morgan fingerprint density at radius 2 is 2.05 bits per heavy atom. The van der Waals surface area contributed by atoms with E-state index in [0.29, 0.717) is 0 Å². The lowest BCUT2D eigenvalue weighted by atomic mass is 10.3. The summed E-state index contributed by atoms with van der Waals surface area (Å²) in [5.74, 6) is -0.708. The quantitative estimate of drug-likeness (QED) is 0.869. The molecule has 0 radical (unpaired) electrons. The maximum Gasteiger partial charge on any atom is 0.573 e. The van der Waals surface area contributed by atoms with Crippen molar-refractivity contribution in [3.05, 3.63) is 24.3 Å². The number of alkyl halides is 3. The van der Waals surface area contributed by atoms with Crippen molar-refractivity contribution < 1.29 is 22.7 Å². The zero-order valence-corrected chi connectivity index (χ0v) is 10.5. The summed E-state index contributed by atoms with van der Waals surface area (Å²) < 4.78 is 39.8. The summed E-state index contributed by atoms with van der Waals surface area (Å²) in [5.41, 5.74) is 0.248. The van der Waals surface area contributed by atoms with Crippen LogP contribution in [0.1, 0.15) is 13.8 Å². The van der Waals surface area contributed by atoms with E-state index >= 15 is 0 Å². The average molecular weight is 276 g/mol. The molecule has 106 valence electrons. The number of nitrogens with one attached hydrogen (secondary N) is 2. The van der Waals surface area contributed by atoms with Crippen LogP contribution in [0.3, 0.4) is 0 Å². The number of rotatable bonds is 5. The fraction of sp³-hybridized carbons (Fsp3) is 0.417. The second kappa shape index (κ2) is 6.42. The Kier molecular flexibility index (Phi) is 5.17. The van der Waals surface area contributed by atoms with Gasteiger partial charge in [0.2, 0.25) is 5.91 Å². The van der Waals surface area contributed by atoms with Crippen molar-refractivity contribution in [3.63, 3.8) is 0 Å². The van der Waals surface area contributed by atoms with Gasteiger partial charge in [-0.3, -0.25) is 4.79 Å². The molecule has 4 nitrogen and oxygen atoms in total. The monoisotopic (exact) mass is 276 g/mol. The SMILES string of the molecule is CC(C)NCC(=O)Nc1cccc(OC(F)(F)F)c1. The fourth-order valence-electron chi connectivity index (χ4n) is 1.27. The first-order chi connectivity index (χ1) is 8.76. The Bertz CT molecular complexity index is 433. The molecule has 1 rings (SSSR count). The van der Waals surface area contributed by atoms with E-state index in [2.05, 4.69) is 15.4 Å². The molecular formula is C12H15F3N2O2. The van der Waals surface area contributed by atoms with Gasteiger partial charge in [-0.25, -0.2) is 0 Å². The molecule has 0 atom stereocenters. The number of benzene rings is 1. The van der Waals surface area contributed by atoms with Gasteiger partial charge >= 0.3 is 6.36 Å². The van der Waals surface area contributed by atoms with E-state index in [9.17, 15) is 18.0 Å². The van der Waals surface area contributed by atoms with Gasteiger partial charge in [-0.05, 0) is 12.1 Å². The molecule has 2 N–H and O–H groups in total. The molecular weight excluding hydrogens is 261 g/mol. The van der Waals surface area contributed by atoms with Crippen LogP contribution in [-0.2, 0) is 4.79 Å². The lowest BCUT2D eigenvalue weighted by molar-refractivity contribution is -0.274. The topological polar surface area (TPSA) is 50.4 Å². The van der Waals surface area contributed by atoms with Crippen LogP contribution < -0.4 is 15.4 Å². The zero-order chi connectivity index (χ0) is 14.5. The molecule has 1 amide bonds. The van der Waals surface area contributed by atoms with Gasteiger partial charge in [0.05, 0.1) is 6.54 Å². The standard InChI is InChI=1S/C12H15F3N2O2/c1-8(2)16-7-11(18)17-9-4-3-5-10(6-9)19-12(13,14)15/h3-6,8,16H,7H2,1-2H3,(H,17,18). The van der Waals surface area contributed by atoms with E-state index in [1.54, 1.807) is 0 Å². The molecule has 0 spiro atoms. The minimum absolute atomic E-state index is 0.0853. The van der Waals surface area contributed by atoms with Crippen molar-refractivity contribution in [1.29, 1.82) is 0 Å². The third kappa shape index (κ3) is 6.66. The molecule has 19 heavy (non-hydrogen) atoms. The first kappa shape index (κ1) is 15.3. The zero-order valence-electron chi connectivity index (χ0n) is 10.5. The van der Waals surface area contributed by atoms with Crippen LogP contribution >= 0.6 is 0 Å². The minimum Gasteiger partial charge on any atom is -0.406 e. The number of hydrogen-bond donors (Lipinski definition) is 2. The molecule has 0 aliphatic heterocycles. The van der Waals surface area contributed by atoms with Gasteiger partial charge in [0.1, 0.15) is 5.75 Å². The van der Waals surface area contributed by atoms with Crippen molar-refractivity contribution in [3.8, 4) is 5.75 Å². The second-order valence-electron chi connectivity index (χ2n) is 4.16. The van der Waals surface area contributed by atoms with Crippen LogP contribution in [0.4, 0.5) is 18.9 Å². The Balaban J connectivity index is 2.59. The Morgan fingerprint density at radius 1 is 1.37 bits per heavy atom. The first-order valence-electron chi connectivity index (χ1n) is 5.65. The number of ether oxygens (including phenoxy) is 1. The summed E-state index contributed by atoms with van der Waals surface area (Å²) in [5, 5.41) is 5.37. The largest absolute Gasteiger partial charge is 0.573 e. The predicted octanol–water partition coefficient (Wildman–Crippen LogP) is 2.52. The lowest BCUT2D eigenvalue weighted by Crippen LogP contribution is -2.32. The third-order valence-electron chi connectivity index (χ3n) is 2.02. The maximum atomic E-state index is 12.0. The summed E-state index contributed by atoms with van der Waals surface area (Å²) in [6.07, 6.45) is -4.75. The van der Waals surface area contributed by atoms with Crippen LogP contribution in [0, 0.1) is 0 Å². The maximum absolute atomic E-state index is 12.0. The fourth-order valence-corrected chi connectivity index (χ4v) is 1.27. The van der Waals surface area contributed by atoms with Crippen molar-refractivity contribution in [2.24, 2.45) is 0 Å². The van der Waals surface area contributed by atoms with Crippen LogP contribution in [-0.4, -0.2) is 24.9 Å². The van der Waals surface area contributed by atoms with Crippen LogP contribution in [0.5, 0.6) is 5.75 Å². The third-order valence-corrected chi connectivity index (χ3v) is 2.02. The number of halogens is 3. The van der Waals surface area contributed by atoms with Crippen LogP contribution in [0.25, 0.3) is 0 Å². The van der Waals surface area contributed by atoms with Gasteiger partial charge in [0.25, 0.3) is 0 Å². The highest BCUT2D eigenvalue weighted by molar-refractivity contribution is 5.92. The molecule has 0 aliphatic carbocycles. The first-order valence-corrected chi connectivity index (χ1v) is 5.65. The molecule has 0 bridgehead atoms. The van der Waals surface area contributed by atoms with Gasteiger partial charge in [-0.15, -0.1) is 13.2 Å². The van der Waals surface area contributed by atoms with Gasteiger partial charge in [0.15, 0.2) is 0 Å². The molecule has 0 heterocycles. The number of amides is 1. The molecule has 1 aromatic rings. The van der Waals surface area contributed by atoms with E-state index < -0.39 is 6.36 Å². The Morgan fingerprint density at radius 3 is 2.63 bits per heavy atom. The number of carbonyl (C=O) groups excluding carboxylic acids is 1. The molecule has 0 saturated carbocycles. The highest BCUT2D eigenvalue weighted by atomic mass is 19.4. The molecule has 0 saturated heterocycles. The summed E-state index contributed by atoms with van der Waals surface area (Å²) in [6, 6.07) is 5.27.